The normalized spacial score (nSPS) is 32.1. The van der Waals surface area contributed by atoms with Crippen LogP contribution in [0.1, 0.15) is 33.6 Å². The third-order valence-corrected chi connectivity index (χ3v) is 3.77. The fourth-order valence-electron chi connectivity index (χ4n) is 2.49. The summed E-state index contributed by atoms with van der Waals surface area (Å²) in [6.07, 6.45) is 2.28. The molecule has 0 bridgehead atoms. The van der Waals surface area contributed by atoms with E-state index in [0.29, 0.717) is 12.1 Å². The predicted molar refractivity (Wildman–Crippen MR) is 65.7 cm³/mol. The highest BCUT2D eigenvalue weighted by Crippen LogP contribution is 2.23. The molecular formula is C13H24N2. The number of nitrogens with zero attached hydrogens (tertiary/aromatic N) is 1. The zero-order valence-electron chi connectivity index (χ0n) is 10.5. The molecule has 1 heterocycles. The second-order valence-electron chi connectivity index (χ2n) is 4.50. The molecule has 0 saturated carbocycles. The number of hydrogen-bond donors (Lipinski definition) is 1. The lowest BCUT2D eigenvalue weighted by Crippen LogP contribution is -2.52. The van der Waals surface area contributed by atoms with Crippen LogP contribution in [-0.4, -0.2) is 37.1 Å². The molecule has 0 aromatic heterocycles. The van der Waals surface area contributed by atoms with Gasteiger partial charge in [0.05, 0.1) is 0 Å². The van der Waals surface area contributed by atoms with Gasteiger partial charge in [-0.25, -0.2) is 0 Å². The molecule has 86 valence electrons. The lowest BCUT2D eigenvalue weighted by atomic mass is 9.87. The van der Waals surface area contributed by atoms with Crippen molar-refractivity contribution in [2.45, 2.75) is 45.7 Å². The van der Waals surface area contributed by atoms with Gasteiger partial charge in [0.2, 0.25) is 0 Å². The SMILES string of the molecule is CC#CCCN1CCC(NC)C(C)C1C. The van der Waals surface area contributed by atoms with E-state index in [1.165, 1.54) is 13.0 Å². The van der Waals surface area contributed by atoms with Crippen molar-refractivity contribution in [1.82, 2.24) is 10.2 Å². The molecule has 2 heteroatoms. The van der Waals surface area contributed by atoms with Crippen LogP contribution in [0, 0.1) is 17.8 Å². The summed E-state index contributed by atoms with van der Waals surface area (Å²) in [4.78, 5) is 2.57. The van der Waals surface area contributed by atoms with E-state index < -0.39 is 0 Å². The number of piperidine rings is 1. The first kappa shape index (κ1) is 12.5. The Morgan fingerprint density at radius 2 is 2.13 bits per heavy atom. The molecule has 0 aromatic rings. The fraction of sp³-hybridized carbons (Fsp3) is 0.846. The molecule has 1 rings (SSSR count). The van der Waals surface area contributed by atoms with Crippen molar-refractivity contribution in [1.29, 1.82) is 0 Å². The third kappa shape index (κ3) is 3.22. The number of nitrogens with one attached hydrogen (secondary N) is 1. The van der Waals surface area contributed by atoms with E-state index >= 15 is 0 Å². The van der Waals surface area contributed by atoms with Gasteiger partial charge in [0, 0.05) is 25.0 Å². The molecule has 0 amide bonds. The van der Waals surface area contributed by atoms with E-state index in [0.717, 1.165) is 18.9 Å². The highest BCUT2D eigenvalue weighted by atomic mass is 15.2. The Hall–Kier alpha value is -0.520. The van der Waals surface area contributed by atoms with E-state index in [-0.39, 0.29) is 0 Å². The average Bonchev–Trinajstić information content (AvgIpc) is 2.25. The van der Waals surface area contributed by atoms with Crippen molar-refractivity contribution in [3.8, 4) is 11.8 Å². The molecule has 1 N–H and O–H groups in total. The molecule has 0 radical (unpaired) electrons. The van der Waals surface area contributed by atoms with Crippen LogP contribution in [0.15, 0.2) is 0 Å². The first-order chi connectivity index (χ1) is 7.20. The summed E-state index contributed by atoms with van der Waals surface area (Å²) in [5.41, 5.74) is 0. The molecule has 15 heavy (non-hydrogen) atoms. The topological polar surface area (TPSA) is 15.3 Å². The van der Waals surface area contributed by atoms with Gasteiger partial charge in [0.1, 0.15) is 0 Å². The van der Waals surface area contributed by atoms with Gasteiger partial charge in [-0.3, -0.25) is 4.90 Å². The quantitative estimate of drug-likeness (QED) is 0.710. The smallest absolute Gasteiger partial charge is 0.0217 e. The van der Waals surface area contributed by atoms with Crippen molar-refractivity contribution in [3.63, 3.8) is 0 Å². The minimum atomic E-state index is 0.676. The van der Waals surface area contributed by atoms with Crippen LogP contribution in [0.25, 0.3) is 0 Å². The van der Waals surface area contributed by atoms with E-state index in [2.05, 4.69) is 43.0 Å². The maximum atomic E-state index is 3.42. The Balaban J connectivity index is 2.44. The maximum absolute atomic E-state index is 3.42. The third-order valence-electron chi connectivity index (χ3n) is 3.77. The average molecular weight is 208 g/mol. The Kier molecular flexibility index (Phi) is 5.14. The summed E-state index contributed by atoms with van der Waals surface area (Å²) in [7, 11) is 2.08. The molecule has 1 aliphatic heterocycles. The van der Waals surface area contributed by atoms with Crippen LogP contribution in [-0.2, 0) is 0 Å². The summed E-state index contributed by atoms with van der Waals surface area (Å²) >= 11 is 0. The van der Waals surface area contributed by atoms with Crippen molar-refractivity contribution in [2.75, 3.05) is 20.1 Å². The number of rotatable bonds is 3. The van der Waals surface area contributed by atoms with Crippen LogP contribution in [0.5, 0.6) is 0 Å². The molecule has 0 aromatic carbocycles. The molecule has 1 aliphatic rings. The molecule has 3 unspecified atom stereocenters. The summed E-state index contributed by atoms with van der Waals surface area (Å²) < 4.78 is 0. The lowest BCUT2D eigenvalue weighted by molar-refractivity contribution is 0.0900. The minimum absolute atomic E-state index is 0.676. The van der Waals surface area contributed by atoms with Gasteiger partial charge in [-0.15, -0.1) is 11.8 Å². The van der Waals surface area contributed by atoms with E-state index in [1.54, 1.807) is 0 Å². The molecule has 2 nitrogen and oxygen atoms in total. The Morgan fingerprint density at radius 3 is 2.73 bits per heavy atom. The van der Waals surface area contributed by atoms with E-state index in [4.69, 9.17) is 0 Å². The Labute approximate surface area is 94.4 Å². The minimum Gasteiger partial charge on any atom is -0.317 e. The van der Waals surface area contributed by atoms with Gasteiger partial charge in [0.15, 0.2) is 0 Å². The van der Waals surface area contributed by atoms with Crippen molar-refractivity contribution >= 4 is 0 Å². The van der Waals surface area contributed by atoms with Crippen LogP contribution < -0.4 is 5.32 Å². The van der Waals surface area contributed by atoms with Crippen LogP contribution >= 0.6 is 0 Å². The largest absolute Gasteiger partial charge is 0.317 e. The first-order valence-corrected chi connectivity index (χ1v) is 6.01. The first-order valence-electron chi connectivity index (χ1n) is 6.01. The highest BCUT2D eigenvalue weighted by molar-refractivity contribution is 4.96. The van der Waals surface area contributed by atoms with Gasteiger partial charge in [-0.1, -0.05) is 6.92 Å². The monoisotopic (exact) mass is 208 g/mol. The molecule has 0 aliphatic carbocycles. The summed E-state index contributed by atoms with van der Waals surface area (Å²) in [6, 6.07) is 1.36. The van der Waals surface area contributed by atoms with Gasteiger partial charge in [-0.2, -0.15) is 0 Å². The second-order valence-corrected chi connectivity index (χ2v) is 4.50. The Bertz CT molecular complexity index is 239. The van der Waals surface area contributed by atoms with Gasteiger partial charge >= 0.3 is 0 Å². The molecule has 1 saturated heterocycles. The Morgan fingerprint density at radius 1 is 1.40 bits per heavy atom. The number of likely N-dealkylation sites (tertiary alicyclic amines) is 1. The molecule has 1 fully saturated rings. The zero-order chi connectivity index (χ0) is 11.3. The van der Waals surface area contributed by atoms with Gasteiger partial charge in [0.25, 0.3) is 0 Å². The van der Waals surface area contributed by atoms with Gasteiger partial charge < -0.3 is 5.32 Å². The van der Waals surface area contributed by atoms with Crippen molar-refractivity contribution in [2.24, 2.45) is 5.92 Å². The summed E-state index contributed by atoms with van der Waals surface area (Å²) in [5.74, 6) is 6.85. The standard InChI is InChI=1S/C13H24N2/c1-5-6-7-9-15-10-8-13(14-4)11(2)12(15)3/h11-14H,7-10H2,1-4H3. The van der Waals surface area contributed by atoms with E-state index in [9.17, 15) is 0 Å². The molecule has 0 spiro atoms. The fourth-order valence-corrected chi connectivity index (χ4v) is 2.49. The zero-order valence-corrected chi connectivity index (χ0v) is 10.5. The summed E-state index contributed by atoms with van der Waals surface area (Å²) in [6.45, 7) is 8.95. The van der Waals surface area contributed by atoms with Crippen molar-refractivity contribution in [3.05, 3.63) is 0 Å². The predicted octanol–water partition coefficient (Wildman–Crippen LogP) is 1.72. The van der Waals surface area contributed by atoms with Crippen molar-refractivity contribution < 1.29 is 0 Å². The second kappa shape index (κ2) is 6.15. The lowest BCUT2D eigenvalue weighted by Gasteiger charge is -2.42. The highest BCUT2D eigenvalue weighted by Gasteiger charge is 2.30. The number of hydrogen-bond acceptors (Lipinski definition) is 2. The van der Waals surface area contributed by atoms with Gasteiger partial charge in [-0.05, 0) is 39.8 Å². The van der Waals surface area contributed by atoms with Crippen LogP contribution in [0.4, 0.5) is 0 Å². The summed E-state index contributed by atoms with van der Waals surface area (Å²) in [5, 5.41) is 3.42. The van der Waals surface area contributed by atoms with E-state index in [1.807, 2.05) is 6.92 Å². The maximum Gasteiger partial charge on any atom is 0.0217 e. The van der Waals surface area contributed by atoms with Crippen LogP contribution in [0.3, 0.4) is 0 Å². The molecular weight excluding hydrogens is 184 g/mol. The molecule has 3 atom stereocenters. The van der Waals surface area contributed by atoms with Crippen LogP contribution in [0.2, 0.25) is 0 Å².